The molecule has 0 aliphatic carbocycles. The van der Waals surface area contributed by atoms with E-state index in [0.29, 0.717) is 4.90 Å². The molecule has 0 radical (unpaired) electrons. The van der Waals surface area contributed by atoms with Crippen LogP contribution < -0.4 is 5.32 Å². The van der Waals surface area contributed by atoms with Gasteiger partial charge in [0.05, 0.1) is 10.9 Å². The molecule has 6 nitrogen and oxygen atoms in total. The highest BCUT2D eigenvalue weighted by Crippen LogP contribution is 2.63. The van der Waals surface area contributed by atoms with Crippen LogP contribution in [-0.2, 0) is 0 Å². The number of halogens is 1. The molecule has 106 valence electrons. The van der Waals surface area contributed by atoms with Gasteiger partial charge in [0.1, 0.15) is 0 Å². The molecule has 4 N–H and O–H groups in total. The van der Waals surface area contributed by atoms with Crippen molar-refractivity contribution in [3.8, 4) is 0 Å². The van der Waals surface area contributed by atoms with Gasteiger partial charge in [-0.3, -0.25) is 9.11 Å². The summed E-state index contributed by atoms with van der Waals surface area (Å²) < 4.78 is 23.0. The van der Waals surface area contributed by atoms with Crippen LogP contribution in [0.25, 0.3) is 0 Å². The third kappa shape index (κ3) is 2.72. The lowest BCUT2D eigenvalue weighted by atomic mass is 10.1. The lowest BCUT2D eigenvalue weighted by Gasteiger charge is -2.39. The summed E-state index contributed by atoms with van der Waals surface area (Å²) in [7, 11) is -3.03. The molecular weight excluding hydrogens is 336 g/mol. The molecule has 1 amide bonds. The number of rotatable bonds is 3. The maximum absolute atomic E-state index is 10.4. The first-order valence-electron chi connectivity index (χ1n) is 5.65. The van der Waals surface area contributed by atoms with Gasteiger partial charge < -0.3 is 10.4 Å². The summed E-state index contributed by atoms with van der Waals surface area (Å²) in [6.07, 6.45) is -1.12. The van der Waals surface area contributed by atoms with Crippen LogP contribution in [0.4, 0.5) is 4.79 Å². The Bertz CT molecular complexity index is 511. The number of nitrogens with zero attached hydrogens (tertiary/aromatic N) is 1. The molecule has 0 saturated heterocycles. The second kappa shape index (κ2) is 5.29. The van der Waals surface area contributed by atoms with Crippen LogP contribution in [0.3, 0.4) is 0 Å². The van der Waals surface area contributed by atoms with Crippen LogP contribution in [0.2, 0.25) is 0 Å². The largest absolute Gasteiger partial charge is 0.465 e. The topological polar surface area (TPSA) is 93.0 Å². The van der Waals surface area contributed by atoms with Crippen molar-refractivity contribution in [2.24, 2.45) is 0 Å². The second-order valence-electron chi connectivity index (χ2n) is 4.25. The van der Waals surface area contributed by atoms with Gasteiger partial charge >= 0.3 is 6.09 Å². The molecule has 0 bridgehead atoms. The lowest BCUT2D eigenvalue weighted by Crippen LogP contribution is -2.34. The van der Waals surface area contributed by atoms with Crippen molar-refractivity contribution in [3.05, 3.63) is 28.2 Å². The van der Waals surface area contributed by atoms with Crippen molar-refractivity contribution < 1.29 is 19.0 Å². The molecule has 19 heavy (non-hydrogen) atoms. The van der Waals surface area contributed by atoms with Gasteiger partial charge in [-0.15, -0.1) is 10.8 Å². The Morgan fingerprint density at radius 3 is 2.84 bits per heavy atom. The van der Waals surface area contributed by atoms with Crippen LogP contribution in [-0.4, -0.2) is 37.7 Å². The van der Waals surface area contributed by atoms with Gasteiger partial charge in [-0.05, 0) is 30.7 Å². The maximum atomic E-state index is 10.4. The summed E-state index contributed by atoms with van der Waals surface area (Å²) in [5.41, 5.74) is 0.852. The number of hydrogen-bond donors (Lipinski definition) is 4. The van der Waals surface area contributed by atoms with E-state index in [-0.39, 0.29) is 19.1 Å². The Morgan fingerprint density at radius 1 is 1.53 bits per heavy atom. The molecule has 1 aliphatic heterocycles. The van der Waals surface area contributed by atoms with Crippen molar-refractivity contribution in [3.63, 3.8) is 0 Å². The van der Waals surface area contributed by atoms with Crippen LogP contribution in [0.15, 0.2) is 27.6 Å². The smallest absolute Gasteiger partial charge is 0.404 e. The number of hydrogen-bond acceptors (Lipinski definition) is 4. The fourth-order valence-electron chi connectivity index (χ4n) is 2.19. The number of amides is 1. The maximum Gasteiger partial charge on any atom is 0.404 e. The Balaban J connectivity index is 2.21. The van der Waals surface area contributed by atoms with E-state index in [4.69, 9.17) is 5.11 Å². The van der Waals surface area contributed by atoms with Gasteiger partial charge in [-0.2, -0.15) is 4.31 Å². The number of fused-ring (bicyclic) bond motifs is 1. The van der Waals surface area contributed by atoms with Crippen LogP contribution in [0.1, 0.15) is 18.5 Å². The van der Waals surface area contributed by atoms with Gasteiger partial charge in [0.15, 0.2) is 0 Å². The average molecular weight is 351 g/mol. The van der Waals surface area contributed by atoms with E-state index in [1.807, 2.05) is 13.0 Å². The zero-order valence-corrected chi connectivity index (χ0v) is 12.6. The van der Waals surface area contributed by atoms with Crippen molar-refractivity contribution >= 4 is 32.8 Å². The van der Waals surface area contributed by atoms with Gasteiger partial charge in [-0.1, -0.05) is 15.9 Å². The monoisotopic (exact) mass is 350 g/mol. The highest BCUT2D eigenvalue weighted by Gasteiger charge is 2.40. The normalized spacial score (nSPS) is 22.8. The van der Waals surface area contributed by atoms with E-state index < -0.39 is 16.9 Å². The molecule has 1 atom stereocenters. The Morgan fingerprint density at radius 2 is 2.21 bits per heavy atom. The highest BCUT2D eigenvalue weighted by molar-refractivity contribution is 9.10. The molecule has 1 aromatic rings. The van der Waals surface area contributed by atoms with E-state index in [2.05, 4.69) is 21.2 Å². The fraction of sp³-hybridized carbons (Fsp3) is 0.364. The lowest BCUT2D eigenvalue weighted by molar-refractivity contribution is 0.192. The molecule has 1 aliphatic rings. The minimum absolute atomic E-state index is 0.144. The molecule has 1 unspecified atom stereocenters. The van der Waals surface area contributed by atoms with E-state index in [9.17, 15) is 13.9 Å². The standard InChI is InChI=1S/C11H15BrN2O4S/c1-7-9-6-8(12)2-3-10(9)19(17,18)14(7)5-4-13-11(15)16/h2-3,6-7,13,17-18H,4-5H2,1H3,(H,15,16). The van der Waals surface area contributed by atoms with Crippen molar-refractivity contribution in [2.75, 3.05) is 13.1 Å². The first-order valence-corrected chi connectivity index (χ1v) is 7.95. The third-order valence-corrected chi connectivity index (χ3v) is 5.69. The zero-order valence-electron chi connectivity index (χ0n) is 10.2. The minimum atomic E-state index is -3.03. The van der Waals surface area contributed by atoms with Crippen LogP contribution in [0, 0.1) is 0 Å². The zero-order chi connectivity index (χ0) is 14.2. The Hall–Kier alpha value is -0.800. The predicted octanol–water partition coefficient (Wildman–Crippen LogP) is 3.12. The van der Waals surface area contributed by atoms with E-state index in [1.54, 1.807) is 12.1 Å². The first kappa shape index (κ1) is 14.6. The number of nitrogens with one attached hydrogen (secondary N) is 1. The van der Waals surface area contributed by atoms with Crippen LogP contribution in [0.5, 0.6) is 0 Å². The summed E-state index contributed by atoms with van der Waals surface area (Å²) in [5, 5.41) is 10.8. The first-order chi connectivity index (χ1) is 8.84. The number of carboxylic acid groups (broad SMARTS) is 1. The van der Waals surface area contributed by atoms with Gasteiger partial charge in [0.25, 0.3) is 0 Å². The molecule has 1 aromatic carbocycles. The van der Waals surface area contributed by atoms with Crippen molar-refractivity contribution in [1.29, 1.82) is 0 Å². The van der Waals surface area contributed by atoms with Crippen LogP contribution >= 0.6 is 26.7 Å². The van der Waals surface area contributed by atoms with Gasteiger partial charge in [-0.25, -0.2) is 4.79 Å². The summed E-state index contributed by atoms with van der Waals surface area (Å²) >= 11 is 3.36. The Kier molecular flexibility index (Phi) is 4.07. The molecule has 0 saturated carbocycles. The summed E-state index contributed by atoms with van der Waals surface area (Å²) in [6.45, 7) is 2.25. The van der Waals surface area contributed by atoms with Gasteiger partial charge in [0, 0.05) is 17.6 Å². The predicted molar refractivity (Wildman–Crippen MR) is 76.4 cm³/mol. The third-order valence-electron chi connectivity index (χ3n) is 3.08. The summed E-state index contributed by atoms with van der Waals surface area (Å²) in [6, 6.07) is 5.14. The highest BCUT2D eigenvalue weighted by atomic mass is 79.9. The van der Waals surface area contributed by atoms with Gasteiger partial charge in [0.2, 0.25) is 0 Å². The molecule has 2 rings (SSSR count). The summed E-state index contributed by atoms with van der Waals surface area (Å²) in [5.74, 6) is 0. The summed E-state index contributed by atoms with van der Waals surface area (Å²) in [4.78, 5) is 10.9. The quantitative estimate of drug-likeness (QED) is 0.672. The molecular formula is C11H15BrN2O4S. The molecule has 8 heteroatoms. The van der Waals surface area contributed by atoms with E-state index in [1.165, 1.54) is 4.31 Å². The number of carbonyl (C=O) groups is 1. The average Bonchev–Trinajstić information content (AvgIpc) is 2.49. The van der Waals surface area contributed by atoms with Crippen molar-refractivity contribution in [2.45, 2.75) is 17.9 Å². The molecule has 0 aromatic heterocycles. The Labute approximate surface area is 121 Å². The minimum Gasteiger partial charge on any atom is -0.465 e. The number of benzene rings is 1. The molecule has 1 heterocycles. The SMILES string of the molecule is CC1c2cc(Br)ccc2S(O)(O)N1CCNC(=O)O. The van der Waals surface area contributed by atoms with E-state index >= 15 is 0 Å². The fourth-order valence-corrected chi connectivity index (χ4v) is 4.52. The second-order valence-corrected chi connectivity index (χ2v) is 7.11. The van der Waals surface area contributed by atoms with Crippen molar-refractivity contribution in [1.82, 2.24) is 9.62 Å². The molecule has 0 spiro atoms. The molecule has 0 fully saturated rings. The van der Waals surface area contributed by atoms with E-state index in [0.717, 1.165) is 10.0 Å².